The first-order valence-electron chi connectivity index (χ1n) is 8.47. The maximum absolute atomic E-state index is 12.0. The number of nitrogens with one attached hydrogen (secondary N) is 2. The van der Waals surface area contributed by atoms with E-state index in [0.29, 0.717) is 5.56 Å². The fraction of sp³-hybridized carbons (Fsp3) is 0.526. The van der Waals surface area contributed by atoms with Gasteiger partial charge in [-0.05, 0) is 36.5 Å². The Kier molecular flexibility index (Phi) is 7.61. The molecule has 0 fully saturated rings. The number of hydrogen-bond donors (Lipinski definition) is 2. The Hall–Kier alpha value is -2.37. The molecule has 2 amide bonds. The number of amides is 2. The van der Waals surface area contributed by atoms with Crippen LogP contribution in [0, 0.1) is 0 Å². The maximum atomic E-state index is 12.0. The van der Waals surface area contributed by atoms with E-state index in [-0.39, 0.29) is 36.4 Å². The molecular weight excluding hydrogens is 320 g/mol. The van der Waals surface area contributed by atoms with Crippen molar-refractivity contribution in [2.45, 2.75) is 52.5 Å². The monoisotopic (exact) mass is 348 g/mol. The van der Waals surface area contributed by atoms with Crippen LogP contribution in [0.2, 0.25) is 0 Å². The average Bonchev–Trinajstić information content (AvgIpc) is 2.57. The average molecular weight is 348 g/mol. The molecule has 6 nitrogen and oxygen atoms in total. The molecule has 0 aliphatic carbocycles. The molecule has 1 aromatic rings. The van der Waals surface area contributed by atoms with Crippen LogP contribution in [0.4, 0.5) is 0 Å². The van der Waals surface area contributed by atoms with Crippen LogP contribution in [0.3, 0.4) is 0 Å². The summed E-state index contributed by atoms with van der Waals surface area (Å²) in [5, 5.41) is 5.18. The molecule has 1 atom stereocenters. The van der Waals surface area contributed by atoms with E-state index < -0.39 is 5.97 Å². The summed E-state index contributed by atoms with van der Waals surface area (Å²) in [4.78, 5) is 35.2. The molecule has 0 saturated heterocycles. The first kappa shape index (κ1) is 20.7. The minimum Gasteiger partial charge on any atom is -0.454 e. The summed E-state index contributed by atoms with van der Waals surface area (Å²) in [6, 6.07) is 7.27. The molecule has 0 heterocycles. The third kappa shape index (κ3) is 7.37. The van der Waals surface area contributed by atoms with E-state index in [1.165, 1.54) is 0 Å². The van der Waals surface area contributed by atoms with Gasteiger partial charge in [0.05, 0.1) is 0 Å². The molecule has 0 saturated carbocycles. The van der Waals surface area contributed by atoms with Crippen LogP contribution in [0.1, 0.15) is 57.0 Å². The van der Waals surface area contributed by atoms with Gasteiger partial charge in [0.1, 0.15) is 6.54 Å². The third-order valence-electron chi connectivity index (χ3n) is 3.79. The van der Waals surface area contributed by atoms with Crippen LogP contribution in [0.5, 0.6) is 0 Å². The lowest BCUT2D eigenvalue weighted by molar-refractivity contribution is -0.147. The summed E-state index contributed by atoms with van der Waals surface area (Å²) >= 11 is 0. The Morgan fingerprint density at radius 3 is 2.24 bits per heavy atom. The van der Waals surface area contributed by atoms with Gasteiger partial charge < -0.3 is 15.4 Å². The molecule has 2 N–H and O–H groups in total. The first-order valence-corrected chi connectivity index (χ1v) is 8.47. The lowest BCUT2D eigenvalue weighted by Crippen LogP contribution is -2.37. The highest BCUT2D eigenvalue weighted by Crippen LogP contribution is 2.22. The molecule has 0 aliphatic rings. The Morgan fingerprint density at radius 1 is 1.12 bits per heavy atom. The van der Waals surface area contributed by atoms with E-state index in [9.17, 15) is 14.4 Å². The van der Waals surface area contributed by atoms with Gasteiger partial charge in [-0.25, -0.2) is 0 Å². The second-order valence-corrected chi connectivity index (χ2v) is 7.05. The lowest BCUT2D eigenvalue weighted by atomic mass is 9.87. The predicted octanol–water partition coefficient (Wildman–Crippen LogP) is 2.17. The minimum absolute atomic E-state index is 0.00859. The van der Waals surface area contributed by atoms with Crippen LogP contribution < -0.4 is 10.6 Å². The Labute approximate surface area is 149 Å². The van der Waals surface area contributed by atoms with E-state index in [2.05, 4.69) is 31.4 Å². The van der Waals surface area contributed by atoms with Gasteiger partial charge in [-0.2, -0.15) is 0 Å². The molecule has 0 aliphatic heterocycles. The van der Waals surface area contributed by atoms with Crippen molar-refractivity contribution in [1.29, 1.82) is 0 Å². The van der Waals surface area contributed by atoms with Gasteiger partial charge in [0.15, 0.2) is 6.61 Å². The van der Waals surface area contributed by atoms with E-state index >= 15 is 0 Å². The molecule has 138 valence electrons. The highest BCUT2D eigenvalue weighted by atomic mass is 16.5. The molecule has 1 aromatic carbocycles. The van der Waals surface area contributed by atoms with Gasteiger partial charge in [0.2, 0.25) is 0 Å². The second kappa shape index (κ2) is 9.20. The van der Waals surface area contributed by atoms with Crippen LogP contribution >= 0.6 is 0 Å². The van der Waals surface area contributed by atoms with Crippen molar-refractivity contribution in [1.82, 2.24) is 10.6 Å². The van der Waals surface area contributed by atoms with Gasteiger partial charge in [-0.15, -0.1) is 0 Å². The standard InChI is InChI=1S/C19H28N2O4/c1-6-13(2)21-16(22)12-25-17(23)11-20-18(24)14-7-9-15(10-8-14)19(3,4)5/h7-10,13H,6,11-12H2,1-5H3,(H,20,24)(H,21,22)/t13-/m0/s1. The topological polar surface area (TPSA) is 84.5 Å². The number of carbonyl (C=O) groups is 3. The Bertz CT molecular complexity index is 603. The number of benzene rings is 1. The van der Waals surface area contributed by atoms with Gasteiger partial charge in [0.25, 0.3) is 11.8 Å². The number of ether oxygens (including phenoxy) is 1. The highest BCUT2D eigenvalue weighted by Gasteiger charge is 2.15. The van der Waals surface area contributed by atoms with Crippen LogP contribution in [-0.4, -0.2) is 37.0 Å². The van der Waals surface area contributed by atoms with E-state index in [4.69, 9.17) is 4.74 Å². The zero-order chi connectivity index (χ0) is 19.0. The SMILES string of the molecule is CC[C@H](C)NC(=O)COC(=O)CNC(=O)c1ccc(C(C)(C)C)cc1. The van der Waals surface area contributed by atoms with Crippen molar-refractivity contribution < 1.29 is 19.1 Å². The van der Waals surface area contributed by atoms with Crippen molar-refractivity contribution in [2.75, 3.05) is 13.2 Å². The first-order chi connectivity index (χ1) is 11.6. The quantitative estimate of drug-likeness (QED) is 0.740. The van der Waals surface area contributed by atoms with Crippen molar-refractivity contribution in [3.63, 3.8) is 0 Å². The van der Waals surface area contributed by atoms with Gasteiger partial charge in [0, 0.05) is 11.6 Å². The summed E-state index contributed by atoms with van der Waals surface area (Å²) in [6.45, 7) is 9.46. The molecule has 0 spiro atoms. The van der Waals surface area contributed by atoms with Gasteiger partial charge in [-0.1, -0.05) is 39.8 Å². The molecule has 25 heavy (non-hydrogen) atoms. The smallest absolute Gasteiger partial charge is 0.325 e. The summed E-state index contributed by atoms with van der Waals surface area (Å²) in [7, 11) is 0. The second-order valence-electron chi connectivity index (χ2n) is 7.05. The van der Waals surface area contributed by atoms with E-state index in [0.717, 1.165) is 12.0 Å². The summed E-state index contributed by atoms with van der Waals surface area (Å²) in [5.74, 6) is -1.37. The number of esters is 1. The molecular formula is C19H28N2O4. The summed E-state index contributed by atoms with van der Waals surface area (Å²) < 4.78 is 4.83. The Balaban J connectivity index is 2.40. The zero-order valence-electron chi connectivity index (χ0n) is 15.6. The highest BCUT2D eigenvalue weighted by molar-refractivity contribution is 5.96. The minimum atomic E-state index is -0.654. The largest absolute Gasteiger partial charge is 0.454 e. The molecule has 0 unspecified atom stereocenters. The molecule has 1 rings (SSSR count). The molecule has 0 aromatic heterocycles. The number of hydrogen-bond acceptors (Lipinski definition) is 4. The fourth-order valence-electron chi connectivity index (χ4n) is 1.99. The molecule has 0 bridgehead atoms. The van der Waals surface area contributed by atoms with Gasteiger partial charge >= 0.3 is 5.97 Å². The van der Waals surface area contributed by atoms with E-state index in [1.54, 1.807) is 12.1 Å². The number of rotatable bonds is 7. The fourth-order valence-corrected chi connectivity index (χ4v) is 1.99. The maximum Gasteiger partial charge on any atom is 0.325 e. The zero-order valence-corrected chi connectivity index (χ0v) is 15.6. The van der Waals surface area contributed by atoms with E-state index in [1.807, 2.05) is 26.0 Å². The van der Waals surface area contributed by atoms with Crippen molar-refractivity contribution >= 4 is 17.8 Å². The van der Waals surface area contributed by atoms with Crippen molar-refractivity contribution in [2.24, 2.45) is 0 Å². The third-order valence-corrected chi connectivity index (χ3v) is 3.79. The summed E-state index contributed by atoms with van der Waals surface area (Å²) in [6.07, 6.45) is 0.795. The van der Waals surface area contributed by atoms with Crippen LogP contribution in [0.25, 0.3) is 0 Å². The van der Waals surface area contributed by atoms with Crippen LogP contribution in [-0.2, 0) is 19.7 Å². The van der Waals surface area contributed by atoms with Crippen molar-refractivity contribution in [3.05, 3.63) is 35.4 Å². The predicted molar refractivity (Wildman–Crippen MR) is 96.3 cm³/mol. The lowest BCUT2D eigenvalue weighted by Gasteiger charge is -2.19. The molecule has 6 heteroatoms. The normalized spacial score (nSPS) is 12.2. The van der Waals surface area contributed by atoms with Gasteiger partial charge in [-0.3, -0.25) is 14.4 Å². The number of carbonyl (C=O) groups excluding carboxylic acids is 3. The summed E-state index contributed by atoms with van der Waals surface area (Å²) in [5.41, 5.74) is 1.60. The van der Waals surface area contributed by atoms with Crippen LogP contribution in [0.15, 0.2) is 24.3 Å². The van der Waals surface area contributed by atoms with Crippen molar-refractivity contribution in [3.8, 4) is 0 Å². The molecule has 0 radical (unpaired) electrons. The Morgan fingerprint density at radius 2 is 1.72 bits per heavy atom.